The van der Waals surface area contributed by atoms with Crippen molar-refractivity contribution in [1.82, 2.24) is 4.31 Å². The first kappa shape index (κ1) is 19.7. The Morgan fingerprint density at radius 2 is 1.63 bits per heavy atom. The Hall–Kier alpha value is -2.05. The second kappa shape index (κ2) is 8.31. The number of nitrogens with zero attached hydrogens (tertiary/aromatic N) is 2. The lowest BCUT2D eigenvalue weighted by Crippen LogP contribution is -2.48. The minimum atomic E-state index is -3.48. The minimum Gasteiger partial charge on any atom is -0.494 e. The van der Waals surface area contributed by atoms with Gasteiger partial charge in [-0.25, -0.2) is 8.42 Å². The van der Waals surface area contributed by atoms with Gasteiger partial charge in [0.25, 0.3) is 0 Å². The van der Waals surface area contributed by atoms with Crippen molar-refractivity contribution in [3.05, 3.63) is 53.6 Å². The van der Waals surface area contributed by atoms with E-state index >= 15 is 0 Å². The van der Waals surface area contributed by atoms with E-state index in [0.717, 1.165) is 23.4 Å². The summed E-state index contributed by atoms with van der Waals surface area (Å²) in [4.78, 5) is 2.58. The summed E-state index contributed by atoms with van der Waals surface area (Å²) >= 11 is 0. The third-order valence-electron chi connectivity index (χ3n) is 5.03. The number of rotatable bonds is 6. The van der Waals surface area contributed by atoms with Crippen LogP contribution in [0.4, 0.5) is 5.69 Å². The van der Waals surface area contributed by atoms with E-state index in [-0.39, 0.29) is 0 Å². The van der Waals surface area contributed by atoms with E-state index in [4.69, 9.17) is 4.74 Å². The number of ether oxygens (including phenoxy) is 1. The largest absolute Gasteiger partial charge is 0.494 e. The zero-order valence-electron chi connectivity index (χ0n) is 16.3. The van der Waals surface area contributed by atoms with E-state index in [1.165, 1.54) is 5.56 Å². The van der Waals surface area contributed by atoms with Crippen LogP contribution in [0.3, 0.4) is 0 Å². The van der Waals surface area contributed by atoms with Gasteiger partial charge in [0, 0.05) is 31.9 Å². The Balaban J connectivity index is 1.69. The van der Waals surface area contributed by atoms with Crippen molar-refractivity contribution in [2.24, 2.45) is 0 Å². The fraction of sp³-hybridized carbons (Fsp3) is 0.429. The lowest BCUT2D eigenvalue weighted by atomic mass is 10.1. The summed E-state index contributed by atoms with van der Waals surface area (Å²) < 4.78 is 33.1. The molecule has 1 heterocycles. The maximum atomic E-state index is 13.0. The van der Waals surface area contributed by atoms with E-state index in [1.807, 2.05) is 13.8 Å². The quantitative estimate of drug-likeness (QED) is 0.760. The molecule has 2 aromatic rings. The van der Waals surface area contributed by atoms with Crippen LogP contribution in [0.1, 0.15) is 25.0 Å². The molecular formula is C21H28N2O3S. The molecule has 0 atom stereocenters. The van der Waals surface area contributed by atoms with Crippen LogP contribution in [-0.4, -0.2) is 45.5 Å². The van der Waals surface area contributed by atoms with Crippen LogP contribution in [0, 0.1) is 6.92 Å². The molecule has 27 heavy (non-hydrogen) atoms. The maximum absolute atomic E-state index is 13.0. The third-order valence-corrected chi connectivity index (χ3v) is 6.93. The molecule has 0 N–H and O–H groups in total. The van der Waals surface area contributed by atoms with Gasteiger partial charge in [-0.3, -0.25) is 0 Å². The van der Waals surface area contributed by atoms with Crippen molar-refractivity contribution >= 4 is 15.7 Å². The zero-order chi connectivity index (χ0) is 19.4. The highest BCUT2D eigenvalue weighted by Crippen LogP contribution is 2.26. The van der Waals surface area contributed by atoms with Gasteiger partial charge in [0.1, 0.15) is 5.75 Å². The molecule has 0 aliphatic carbocycles. The zero-order valence-corrected chi connectivity index (χ0v) is 17.1. The van der Waals surface area contributed by atoms with Gasteiger partial charge in [-0.15, -0.1) is 0 Å². The Kier molecular flexibility index (Phi) is 6.07. The fourth-order valence-electron chi connectivity index (χ4n) is 3.38. The Morgan fingerprint density at radius 3 is 2.19 bits per heavy atom. The van der Waals surface area contributed by atoms with Crippen LogP contribution in [-0.2, 0) is 16.4 Å². The number of aryl methyl sites for hydroxylation is 2. The standard InChI is InChI=1S/C21H28N2O3S/c1-4-18-6-8-19(9-7-18)22-12-14-23(15-13-22)27(24,25)20-10-11-21(26-5-2)17(3)16-20/h6-11,16H,4-5,12-15H2,1-3H3. The smallest absolute Gasteiger partial charge is 0.243 e. The molecule has 1 fully saturated rings. The van der Waals surface area contributed by atoms with Crippen molar-refractivity contribution < 1.29 is 13.2 Å². The molecule has 1 saturated heterocycles. The SMILES string of the molecule is CCOc1ccc(S(=O)(=O)N2CCN(c3ccc(CC)cc3)CC2)cc1C. The molecule has 1 aliphatic rings. The van der Waals surface area contributed by atoms with Crippen molar-refractivity contribution in [2.75, 3.05) is 37.7 Å². The van der Waals surface area contributed by atoms with Gasteiger partial charge in [0.05, 0.1) is 11.5 Å². The number of piperazine rings is 1. The number of anilines is 1. The second-order valence-electron chi connectivity index (χ2n) is 6.77. The van der Waals surface area contributed by atoms with Crippen LogP contribution in [0.15, 0.2) is 47.4 Å². The Morgan fingerprint density at radius 1 is 0.963 bits per heavy atom. The van der Waals surface area contributed by atoms with Crippen molar-refractivity contribution in [3.8, 4) is 5.75 Å². The predicted octanol–water partition coefficient (Wildman–Crippen LogP) is 3.47. The molecule has 0 radical (unpaired) electrons. The molecule has 0 unspecified atom stereocenters. The molecule has 6 heteroatoms. The fourth-order valence-corrected chi connectivity index (χ4v) is 4.89. The van der Waals surface area contributed by atoms with Crippen molar-refractivity contribution in [2.45, 2.75) is 32.1 Å². The molecule has 0 amide bonds. The predicted molar refractivity (Wildman–Crippen MR) is 109 cm³/mol. The third kappa shape index (κ3) is 4.28. The molecule has 3 rings (SSSR count). The second-order valence-corrected chi connectivity index (χ2v) is 8.71. The first-order valence-electron chi connectivity index (χ1n) is 9.53. The molecule has 0 spiro atoms. The highest BCUT2D eigenvalue weighted by Gasteiger charge is 2.29. The van der Waals surface area contributed by atoms with Gasteiger partial charge >= 0.3 is 0 Å². The van der Waals surface area contributed by atoms with Gasteiger partial charge in [0.2, 0.25) is 10.0 Å². The van der Waals surface area contributed by atoms with Crippen LogP contribution in [0.5, 0.6) is 5.75 Å². The summed E-state index contributed by atoms with van der Waals surface area (Å²) in [5.41, 5.74) is 3.31. The van der Waals surface area contributed by atoms with E-state index in [2.05, 4.69) is 36.1 Å². The van der Waals surface area contributed by atoms with Gasteiger partial charge in [0.15, 0.2) is 0 Å². The summed E-state index contributed by atoms with van der Waals surface area (Å²) in [6.45, 7) is 8.87. The molecule has 5 nitrogen and oxygen atoms in total. The topological polar surface area (TPSA) is 49.9 Å². The number of benzene rings is 2. The monoisotopic (exact) mass is 388 g/mol. The van der Waals surface area contributed by atoms with E-state index in [0.29, 0.717) is 37.7 Å². The summed E-state index contributed by atoms with van der Waals surface area (Å²) in [6.07, 6.45) is 1.02. The highest BCUT2D eigenvalue weighted by atomic mass is 32.2. The summed E-state index contributed by atoms with van der Waals surface area (Å²) in [5.74, 6) is 0.733. The van der Waals surface area contributed by atoms with Crippen LogP contribution >= 0.6 is 0 Å². The van der Waals surface area contributed by atoms with E-state index in [1.54, 1.807) is 22.5 Å². The average molecular weight is 389 g/mol. The van der Waals surface area contributed by atoms with Crippen molar-refractivity contribution in [1.29, 1.82) is 0 Å². The van der Waals surface area contributed by atoms with Gasteiger partial charge in [-0.1, -0.05) is 19.1 Å². The maximum Gasteiger partial charge on any atom is 0.243 e. The van der Waals surface area contributed by atoms with E-state index < -0.39 is 10.0 Å². The highest BCUT2D eigenvalue weighted by molar-refractivity contribution is 7.89. The molecule has 0 saturated carbocycles. The molecule has 2 aromatic carbocycles. The van der Waals surface area contributed by atoms with Crippen LogP contribution in [0.2, 0.25) is 0 Å². The minimum absolute atomic E-state index is 0.337. The van der Waals surface area contributed by atoms with Gasteiger partial charge in [-0.2, -0.15) is 4.31 Å². The Bertz CT molecular complexity index is 871. The number of sulfonamides is 1. The lowest BCUT2D eigenvalue weighted by molar-refractivity contribution is 0.337. The molecular weight excluding hydrogens is 360 g/mol. The summed E-state index contributed by atoms with van der Waals surface area (Å²) in [5, 5.41) is 0. The summed E-state index contributed by atoms with van der Waals surface area (Å²) in [6, 6.07) is 13.6. The summed E-state index contributed by atoms with van der Waals surface area (Å²) in [7, 11) is -3.48. The van der Waals surface area contributed by atoms with Gasteiger partial charge in [-0.05, 0) is 61.7 Å². The van der Waals surface area contributed by atoms with E-state index in [9.17, 15) is 8.42 Å². The first-order valence-corrected chi connectivity index (χ1v) is 11.0. The molecule has 146 valence electrons. The normalized spacial score (nSPS) is 15.7. The first-order chi connectivity index (χ1) is 13.0. The number of hydrogen-bond acceptors (Lipinski definition) is 4. The molecule has 0 bridgehead atoms. The van der Waals surface area contributed by atoms with Crippen LogP contribution in [0.25, 0.3) is 0 Å². The van der Waals surface area contributed by atoms with Crippen molar-refractivity contribution in [3.63, 3.8) is 0 Å². The lowest BCUT2D eigenvalue weighted by Gasteiger charge is -2.35. The molecule has 1 aliphatic heterocycles. The average Bonchev–Trinajstić information content (AvgIpc) is 2.70. The number of hydrogen-bond donors (Lipinski definition) is 0. The molecule has 0 aromatic heterocycles. The Labute approximate surface area is 162 Å². The van der Waals surface area contributed by atoms with Gasteiger partial charge < -0.3 is 9.64 Å². The van der Waals surface area contributed by atoms with Crippen LogP contribution < -0.4 is 9.64 Å².